The number of methoxy groups -OCH3 is 2. The maximum Gasteiger partial charge on any atom is 0.323 e. The number of carbonyl (C=O) groups excluding carboxylic acids is 1. The van der Waals surface area contributed by atoms with E-state index in [1.165, 1.54) is 11.3 Å². The molecule has 3 heterocycles. The second-order valence-corrected chi connectivity index (χ2v) is 7.90. The molecule has 0 radical (unpaired) electrons. The number of aromatic amines is 2. The number of nitrogens with one attached hydrogen (secondary N) is 3. The lowest BCUT2D eigenvalue weighted by atomic mass is 10.1. The van der Waals surface area contributed by atoms with Gasteiger partial charge in [0.05, 0.1) is 34.4 Å². The second-order valence-electron chi connectivity index (χ2n) is 6.90. The van der Waals surface area contributed by atoms with Gasteiger partial charge in [-0.25, -0.2) is 9.78 Å². The number of H-pyrrole nitrogens is 2. The highest BCUT2D eigenvalue weighted by Crippen LogP contribution is 2.35. The summed E-state index contributed by atoms with van der Waals surface area (Å²) in [5.41, 5.74) is 2.81. The Hall–Kier alpha value is -3.24. The van der Waals surface area contributed by atoms with Crippen LogP contribution in [0.15, 0.2) is 23.0 Å². The van der Waals surface area contributed by atoms with Crippen molar-refractivity contribution in [1.82, 2.24) is 25.3 Å². The van der Waals surface area contributed by atoms with Crippen molar-refractivity contribution >= 4 is 38.5 Å². The van der Waals surface area contributed by atoms with Crippen molar-refractivity contribution in [2.24, 2.45) is 0 Å². The predicted molar refractivity (Wildman–Crippen MR) is 114 cm³/mol. The molecule has 0 aliphatic carbocycles. The van der Waals surface area contributed by atoms with E-state index in [0.717, 1.165) is 22.0 Å². The highest BCUT2D eigenvalue weighted by molar-refractivity contribution is 7.20. The number of rotatable bonds is 6. The van der Waals surface area contributed by atoms with Gasteiger partial charge in [-0.15, -0.1) is 11.3 Å². The summed E-state index contributed by atoms with van der Waals surface area (Å²) in [6.07, 6.45) is 0. The molecular weight excluding hydrogens is 406 g/mol. The van der Waals surface area contributed by atoms with Crippen LogP contribution in [0.25, 0.3) is 21.3 Å². The lowest BCUT2D eigenvalue weighted by Crippen LogP contribution is -2.26. The minimum Gasteiger partial charge on any atom is -0.480 e. The number of carbonyl (C=O) groups is 1. The van der Waals surface area contributed by atoms with Crippen molar-refractivity contribution in [3.05, 3.63) is 50.5 Å². The molecule has 0 bridgehead atoms. The van der Waals surface area contributed by atoms with Gasteiger partial charge in [-0.3, -0.25) is 4.79 Å². The number of imidazole rings is 1. The summed E-state index contributed by atoms with van der Waals surface area (Å²) in [6.45, 7) is 4.01. The van der Waals surface area contributed by atoms with Crippen molar-refractivity contribution in [2.75, 3.05) is 14.2 Å². The first-order chi connectivity index (χ1) is 14.4. The molecule has 0 aliphatic rings. The molecule has 0 aliphatic heterocycles. The molecular formula is C20H21N5O4S. The normalized spacial score (nSPS) is 12.4. The zero-order valence-corrected chi connectivity index (χ0v) is 17.8. The van der Waals surface area contributed by atoms with Gasteiger partial charge in [-0.1, -0.05) is 6.07 Å². The van der Waals surface area contributed by atoms with E-state index >= 15 is 0 Å². The fourth-order valence-corrected chi connectivity index (χ4v) is 4.46. The third-order valence-corrected chi connectivity index (χ3v) is 6.05. The monoisotopic (exact) mass is 427 g/mol. The molecule has 4 aromatic rings. The molecule has 3 aromatic heterocycles. The Bertz CT molecular complexity index is 1310. The number of fused-ring (bicyclic) bond motifs is 2. The number of hydrogen-bond donors (Lipinski definition) is 3. The van der Waals surface area contributed by atoms with Crippen molar-refractivity contribution in [2.45, 2.75) is 26.5 Å². The van der Waals surface area contributed by atoms with E-state index in [1.54, 1.807) is 14.2 Å². The summed E-state index contributed by atoms with van der Waals surface area (Å²) in [5.74, 6) is 0.716. The average molecular weight is 427 g/mol. The van der Waals surface area contributed by atoms with Crippen molar-refractivity contribution < 1.29 is 14.3 Å². The molecule has 0 saturated heterocycles. The highest BCUT2D eigenvalue weighted by atomic mass is 32.1. The molecule has 156 valence electrons. The quantitative estimate of drug-likeness (QED) is 0.435. The van der Waals surface area contributed by atoms with Crippen molar-refractivity contribution in [3.63, 3.8) is 0 Å². The van der Waals surface area contributed by atoms with Crippen LogP contribution in [0.3, 0.4) is 0 Å². The summed E-state index contributed by atoms with van der Waals surface area (Å²) in [6, 6.07) is 5.28. The summed E-state index contributed by atoms with van der Waals surface area (Å²) in [5, 5.41) is 3.75. The van der Waals surface area contributed by atoms with Gasteiger partial charge < -0.3 is 24.8 Å². The Morgan fingerprint density at radius 3 is 2.73 bits per heavy atom. The molecule has 9 nitrogen and oxygen atoms in total. The van der Waals surface area contributed by atoms with Gasteiger partial charge in [0.1, 0.15) is 11.4 Å². The maximum absolute atomic E-state index is 13.0. The second kappa shape index (κ2) is 7.88. The predicted octanol–water partition coefficient (Wildman–Crippen LogP) is 2.82. The first-order valence-electron chi connectivity index (χ1n) is 9.27. The molecule has 1 aromatic carbocycles. The summed E-state index contributed by atoms with van der Waals surface area (Å²) < 4.78 is 10.5. The topological polar surface area (TPSA) is 122 Å². The molecule has 1 unspecified atom stereocenters. The largest absolute Gasteiger partial charge is 0.480 e. The van der Waals surface area contributed by atoms with Gasteiger partial charge in [0, 0.05) is 7.11 Å². The number of aryl methyl sites for hydroxylation is 1. The van der Waals surface area contributed by atoms with E-state index in [2.05, 4.69) is 25.3 Å². The lowest BCUT2D eigenvalue weighted by Gasteiger charge is -2.14. The first kappa shape index (κ1) is 20.0. The molecule has 30 heavy (non-hydrogen) atoms. The van der Waals surface area contributed by atoms with Crippen LogP contribution in [0.5, 0.6) is 5.88 Å². The zero-order chi connectivity index (χ0) is 21.4. The zero-order valence-electron chi connectivity index (χ0n) is 17.0. The van der Waals surface area contributed by atoms with Crippen LogP contribution in [-0.2, 0) is 11.3 Å². The van der Waals surface area contributed by atoms with Crippen LogP contribution in [0.1, 0.15) is 39.6 Å². The van der Waals surface area contributed by atoms with Crippen molar-refractivity contribution in [1.29, 1.82) is 0 Å². The Kier molecular flexibility index (Phi) is 5.27. The van der Waals surface area contributed by atoms with Crippen LogP contribution < -0.4 is 15.7 Å². The Labute approximate surface area is 175 Å². The summed E-state index contributed by atoms with van der Waals surface area (Å²) in [4.78, 5) is 40.0. The Morgan fingerprint density at radius 1 is 1.23 bits per heavy atom. The lowest BCUT2D eigenvalue weighted by molar-refractivity contribution is 0.0943. The summed E-state index contributed by atoms with van der Waals surface area (Å²) >= 11 is 1.29. The molecule has 0 spiro atoms. The average Bonchev–Trinajstić information content (AvgIpc) is 3.25. The van der Waals surface area contributed by atoms with Crippen LogP contribution in [0.4, 0.5) is 0 Å². The van der Waals surface area contributed by atoms with Gasteiger partial charge in [0.25, 0.3) is 5.91 Å². The van der Waals surface area contributed by atoms with E-state index in [-0.39, 0.29) is 24.2 Å². The number of nitrogens with zero attached hydrogens (tertiary/aromatic N) is 2. The van der Waals surface area contributed by atoms with E-state index in [4.69, 9.17) is 9.47 Å². The number of hydrogen-bond acceptors (Lipinski definition) is 7. The third-order valence-electron chi connectivity index (χ3n) is 4.86. The van der Waals surface area contributed by atoms with Crippen LogP contribution in [-0.4, -0.2) is 40.1 Å². The minimum absolute atomic E-state index is 0.207. The molecule has 0 saturated carbocycles. The van der Waals surface area contributed by atoms with Crippen LogP contribution in [0.2, 0.25) is 0 Å². The van der Waals surface area contributed by atoms with E-state index in [0.29, 0.717) is 26.9 Å². The molecule has 3 N–H and O–H groups in total. The fraction of sp³-hybridized carbons (Fsp3) is 0.300. The number of ether oxygens (including phenoxy) is 2. The standard InChI is InChI=1S/C20H21N5O4S/c1-9-15-18(29-4)24-14(8-28-3)25-19(15)30-16(9)17(26)21-10(2)11-5-6-12-13(7-11)23-20(27)22-12/h5-7,10H,8H2,1-4H3,(H,21,26)(H2,22,23,27). The van der Waals surface area contributed by atoms with E-state index in [9.17, 15) is 9.59 Å². The number of thiophene rings is 1. The Balaban J connectivity index is 1.64. The third kappa shape index (κ3) is 3.55. The maximum atomic E-state index is 13.0. The number of amides is 1. The van der Waals surface area contributed by atoms with E-state index in [1.807, 2.05) is 32.0 Å². The molecule has 1 amide bonds. The summed E-state index contributed by atoms with van der Waals surface area (Å²) in [7, 11) is 3.11. The van der Waals surface area contributed by atoms with Crippen LogP contribution >= 0.6 is 11.3 Å². The van der Waals surface area contributed by atoms with Crippen LogP contribution in [0, 0.1) is 6.92 Å². The fourth-order valence-electron chi connectivity index (χ4n) is 3.37. The SMILES string of the molecule is COCc1nc(OC)c2c(C)c(C(=O)NC(C)c3ccc4[nH]c(=O)[nH]c4c3)sc2n1. The molecule has 10 heteroatoms. The number of benzene rings is 1. The first-order valence-corrected chi connectivity index (χ1v) is 10.1. The molecule has 0 fully saturated rings. The van der Waals surface area contributed by atoms with Gasteiger partial charge in [0.15, 0.2) is 5.82 Å². The van der Waals surface area contributed by atoms with Gasteiger partial charge in [-0.05, 0) is 37.1 Å². The van der Waals surface area contributed by atoms with Crippen molar-refractivity contribution in [3.8, 4) is 5.88 Å². The smallest absolute Gasteiger partial charge is 0.323 e. The molecule has 1 atom stereocenters. The highest BCUT2D eigenvalue weighted by Gasteiger charge is 2.22. The van der Waals surface area contributed by atoms with Gasteiger partial charge >= 0.3 is 5.69 Å². The van der Waals surface area contributed by atoms with Gasteiger partial charge in [0.2, 0.25) is 5.88 Å². The van der Waals surface area contributed by atoms with E-state index < -0.39 is 0 Å². The minimum atomic E-state index is -0.262. The molecule has 4 rings (SSSR count). The number of aromatic nitrogens is 4. The Morgan fingerprint density at radius 2 is 2.00 bits per heavy atom. The van der Waals surface area contributed by atoms with Gasteiger partial charge in [-0.2, -0.15) is 4.98 Å².